The highest BCUT2D eigenvalue weighted by molar-refractivity contribution is 5.67. The molecule has 0 aromatic heterocycles. The molecule has 0 rings (SSSR count). The van der Waals surface area contributed by atoms with Crippen LogP contribution in [0.3, 0.4) is 0 Å². The van der Waals surface area contributed by atoms with Crippen molar-refractivity contribution in [2.24, 2.45) is 0 Å². The summed E-state index contributed by atoms with van der Waals surface area (Å²) in [6.45, 7) is 8.95. The van der Waals surface area contributed by atoms with Crippen molar-refractivity contribution in [3.05, 3.63) is 0 Å². The van der Waals surface area contributed by atoms with Crippen molar-refractivity contribution in [3.63, 3.8) is 0 Å². The third-order valence-corrected chi connectivity index (χ3v) is 3.48. The minimum Gasteiger partial charge on any atom is -0.447 e. The summed E-state index contributed by atoms with van der Waals surface area (Å²) in [6, 6.07) is 0. The van der Waals surface area contributed by atoms with E-state index in [9.17, 15) is 4.79 Å². The zero-order valence-corrected chi connectivity index (χ0v) is 13.4. The molecule has 120 valence electrons. The van der Waals surface area contributed by atoms with E-state index in [0.29, 0.717) is 19.6 Å². The van der Waals surface area contributed by atoms with Crippen molar-refractivity contribution in [3.8, 4) is 0 Å². The van der Waals surface area contributed by atoms with E-state index in [0.717, 1.165) is 25.7 Å². The highest BCUT2D eigenvalue weighted by Gasteiger charge is 2.21. The standard InChI is InChI=1S/C15H31NO4/c1-5-7-8-13(3)20-14(18)16-10-12-19-15(4,6-2)9-11-17/h13,17H,5-12H2,1-4H3,(H,16,18). The largest absolute Gasteiger partial charge is 0.447 e. The first-order valence-electron chi connectivity index (χ1n) is 7.66. The molecule has 1 amide bonds. The second-order valence-electron chi connectivity index (χ2n) is 5.41. The number of nitrogens with one attached hydrogen (secondary N) is 1. The Morgan fingerprint density at radius 3 is 2.65 bits per heavy atom. The lowest BCUT2D eigenvalue weighted by Gasteiger charge is -2.28. The maximum atomic E-state index is 11.5. The SMILES string of the molecule is CCCCC(C)OC(=O)NCCOC(C)(CC)CCO. The molecule has 2 N–H and O–H groups in total. The molecule has 0 heterocycles. The second-order valence-corrected chi connectivity index (χ2v) is 5.41. The first-order valence-corrected chi connectivity index (χ1v) is 7.66. The molecule has 0 spiro atoms. The second kappa shape index (κ2) is 10.9. The van der Waals surface area contributed by atoms with E-state index in [1.54, 1.807) is 0 Å². The fraction of sp³-hybridized carbons (Fsp3) is 0.933. The van der Waals surface area contributed by atoms with Crippen LogP contribution in [0.4, 0.5) is 4.79 Å². The molecule has 0 bridgehead atoms. The Morgan fingerprint density at radius 1 is 1.40 bits per heavy atom. The zero-order chi connectivity index (χ0) is 15.4. The van der Waals surface area contributed by atoms with Gasteiger partial charge in [0.2, 0.25) is 0 Å². The van der Waals surface area contributed by atoms with Gasteiger partial charge in [-0.15, -0.1) is 0 Å². The number of aliphatic hydroxyl groups is 1. The monoisotopic (exact) mass is 289 g/mol. The third kappa shape index (κ3) is 9.15. The zero-order valence-electron chi connectivity index (χ0n) is 13.4. The molecular formula is C15H31NO4. The van der Waals surface area contributed by atoms with Crippen LogP contribution in [0.1, 0.15) is 59.8 Å². The summed E-state index contributed by atoms with van der Waals surface area (Å²) < 4.78 is 10.9. The maximum absolute atomic E-state index is 11.5. The first kappa shape index (κ1) is 19.2. The van der Waals surface area contributed by atoms with Crippen LogP contribution in [0.15, 0.2) is 0 Å². The Morgan fingerprint density at radius 2 is 2.10 bits per heavy atom. The van der Waals surface area contributed by atoms with Gasteiger partial charge in [-0.2, -0.15) is 0 Å². The fourth-order valence-corrected chi connectivity index (χ4v) is 1.81. The molecular weight excluding hydrogens is 258 g/mol. The Hall–Kier alpha value is -0.810. The van der Waals surface area contributed by atoms with Gasteiger partial charge < -0.3 is 19.9 Å². The van der Waals surface area contributed by atoms with Crippen LogP contribution < -0.4 is 5.32 Å². The molecule has 0 aliphatic rings. The van der Waals surface area contributed by atoms with Crippen LogP contribution in [-0.4, -0.2) is 42.7 Å². The molecule has 0 aliphatic heterocycles. The van der Waals surface area contributed by atoms with Crippen LogP contribution in [-0.2, 0) is 9.47 Å². The van der Waals surface area contributed by atoms with E-state index in [2.05, 4.69) is 12.2 Å². The minimum absolute atomic E-state index is 0.0498. The molecule has 0 radical (unpaired) electrons. The lowest BCUT2D eigenvalue weighted by molar-refractivity contribution is -0.0473. The van der Waals surface area contributed by atoms with Crippen molar-refractivity contribution < 1.29 is 19.4 Å². The van der Waals surface area contributed by atoms with E-state index < -0.39 is 6.09 Å². The lowest BCUT2D eigenvalue weighted by atomic mass is 9.99. The molecule has 2 unspecified atom stereocenters. The van der Waals surface area contributed by atoms with Crippen molar-refractivity contribution >= 4 is 6.09 Å². The molecule has 0 aromatic rings. The molecule has 5 heteroatoms. The number of hydrogen-bond acceptors (Lipinski definition) is 4. The number of alkyl carbamates (subject to hydrolysis) is 1. The average molecular weight is 289 g/mol. The number of aliphatic hydroxyl groups excluding tert-OH is 1. The molecule has 0 fully saturated rings. The van der Waals surface area contributed by atoms with Gasteiger partial charge in [0.05, 0.1) is 12.2 Å². The topological polar surface area (TPSA) is 67.8 Å². The predicted molar refractivity (Wildman–Crippen MR) is 79.8 cm³/mol. The Labute approximate surface area is 123 Å². The number of rotatable bonds is 11. The highest BCUT2D eigenvalue weighted by Crippen LogP contribution is 2.18. The van der Waals surface area contributed by atoms with Crippen molar-refractivity contribution in [1.29, 1.82) is 0 Å². The van der Waals surface area contributed by atoms with Crippen LogP contribution in [0.2, 0.25) is 0 Å². The van der Waals surface area contributed by atoms with Crippen molar-refractivity contribution in [2.75, 3.05) is 19.8 Å². The Kier molecular flexibility index (Phi) is 10.5. The van der Waals surface area contributed by atoms with E-state index in [1.165, 1.54) is 0 Å². The quantitative estimate of drug-likeness (QED) is 0.574. The van der Waals surface area contributed by atoms with Gasteiger partial charge in [-0.05, 0) is 33.1 Å². The smallest absolute Gasteiger partial charge is 0.407 e. The van der Waals surface area contributed by atoms with E-state index in [-0.39, 0.29) is 18.3 Å². The van der Waals surface area contributed by atoms with E-state index >= 15 is 0 Å². The summed E-state index contributed by atoms with van der Waals surface area (Å²) >= 11 is 0. The van der Waals surface area contributed by atoms with Gasteiger partial charge in [0.25, 0.3) is 0 Å². The fourth-order valence-electron chi connectivity index (χ4n) is 1.81. The highest BCUT2D eigenvalue weighted by atomic mass is 16.6. The Bertz CT molecular complexity index is 260. The number of carbonyl (C=O) groups is 1. The van der Waals surface area contributed by atoms with Gasteiger partial charge in [-0.1, -0.05) is 26.7 Å². The summed E-state index contributed by atoms with van der Waals surface area (Å²) in [7, 11) is 0. The first-order chi connectivity index (χ1) is 9.47. The molecule has 0 aromatic carbocycles. The summed E-state index contributed by atoms with van der Waals surface area (Å²) in [5.74, 6) is 0. The normalized spacial score (nSPS) is 15.4. The molecule has 0 aliphatic carbocycles. The predicted octanol–water partition coefficient (Wildman–Crippen LogP) is 2.86. The number of carbonyl (C=O) groups excluding carboxylic acids is 1. The van der Waals surface area contributed by atoms with Gasteiger partial charge in [0.15, 0.2) is 0 Å². The summed E-state index contributed by atoms with van der Waals surface area (Å²) in [6.07, 6.45) is 4.04. The van der Waals surface area contributed by atoms with Gasteiger partial charge >= 0.3 is 6.09 Å². The molecule has 5 nitrogen and oxygen atoms in total. The summed E-state index contributed by atoms with van der Waals surface area (Å²) in [5.41, 5.74) is -0.325. The summed E-state index contributed by atoms with van der Waals surface area (Å²) in [5, 5.41) is 11.7. The van der Waals surface area contributed by atoms with Crippen LogP contribution in [0, 0.1) is 0 Å². The summed E-state index contributed by atoms with van der Waals surface area (Å²) in [4.78, 5) is 11.5. The van der Waals surface area contributed by atoms with Crippen LogP contribution in [0.25, 0.3) is 0 Å². The molecule has 0 saturated carbocycles. The van der Waals surface area contributed by atoms with Crippen LogP contribution >= 0.6 is 0 Å². The van der Waals surface area contributed by atoms with Gasteiger partial charge in [-0.25, -0.2) is 4.79 Å². The van der Waals surface area contributed by atoms with E-state index in [1.807, 2.05) is 20.8 Å². The molecule has 2 atom stereocenters. The maximum Gasteiger partial charge on any atom is 0.407 e. The Balaban J connectivity index is 3.75. The van der Waals surface area contributed by atoms with E-state index in [4.69, 9.17) is 14.6 Å². The molecule has 0 saturated heterocycles. The van der Waals surface area contributed by atoms with Gasteiger partial charge in [0, 0.05) is 13.2 Å². The molecule has 20 heavy (non-hydrogen) atoms. The van der Waals surface area contributed by atoms with Crippen molar-refractivity contribution in [2.45, 2.75) is 71.5 Å². The average Bonchev–Trinajstić information content (AvgIpc) is 2.41. The van der Waals surface area contributed by atoms with Gasteiger partial charge in [-0.3, -0.25) is 0 Å². The van der Waals surface area contributed by atoms with Crippen LogP contribution in [0.5, 0.6) is 0 Å². The minimum atomic E-state index is -0.391. The number of unbranched alkanes of at least 4 members (excludes halogenated alkanes) is 1. The van der Waals surface area contributed by atoms with Gasteiger partial charge in [0.1, 0.15) is 6.10 Å². The van der Waals surface area contributed by atoms with Crippen molar-refractivity contribution in [1.82, 2.24) is 5.32 Å². The lowest BCUT2D eigenvalue weighted by Crippen LogP contribution is -2.35. The number of amides is 1. The third-order valence-electron chi connectivity index (χ3n) is 3.48. The number of ether oxygens (including phenoxy) is 2. The number of hydrogen-bond donors (Lipinski definition) is 2.